The molecule has 0 saturated heterocycles. The molecule has 0 spiro atoms. The summed E-state index contributed by atoms with van der Waals surface area (Å²) in [4.78, 5) is 11.6. The number of nitrogens with two attached hydrogens (primary N) is 1. The van der Waals surface area contributed by atoms with Crippen molar-refractivity contribution in [1.82, 2.24) is 5.32 Å². The van der Waals surface area contributed by atoms with Gasteiger partial charge < -0.3 is 16.2 Å². The second kappa shape index (κ2) is 7.67. The fraction of sp³-hybridized carbons (Fsp3) is 0.923. The van der Waals surface area contributed by atoms with Crippen LogP contribution in [0.25, 0.3) is 0 Å². The molecule has 0 aromatic heterocycles. The van der Waals surface area contributed by atoms with Crippen LogP contribution in [0.15, 0.2) is 0 Å². The van der Waals surface area contributed by atoms with Gasteiger partial charge in [-0.25, -0.2) is 0 Å². The van der Waals surface area contributed by atoms with Crippen LogP contribution in [0.4, 0.5) is 0 Å². The van der Waals surface area contributed by atoms with Crippen molar-refractivity contribution in [3.05, 3.63) is 0 Å². The quantitative estimate of drug-likeness (QED) is 0.631. The highest BCUT2D eigenvalue weighted by Crippen LogP contribution is 2.20. The molecule has 1 amide bonds. The van der Waals surface area contributed by atoms with E-state index in [2.05, 4.69) is 26.1 Å². The first-order valence-electron chi connectivity index (χ1n) is 6.43. The molecule has 2 unspecified atom stereocenters. The number of hydrogen-bond donors (Lipinski definition) is 3. The lowest BCUT2D eigenvalue weighted by Crippen LogP contribution is -2.35. The van der Waals surface area contributed by atoms with Crippen LogP contribution >= 0.6 is 0 Å². The Morgan fingerprint density at radius 2 is 2.00 bits per heavy atom. The van der Waals surface area contributed by atoms with Crippen molar-refractivity contribution in [1.29, 1.82) is 0 Å². The zero-order valence-corrected chi connectivity index (χ0v) is 11.6. The molecule has 17 heavy (non-hydrogen) atoms. The standard InChI is InChI=1S/C13H28N2O2/c1-5-10(8-14)6-12(17)15-9-11(16)7-13(2,3)4/h10-11,16H,5-9,14H2,1-4H3,(H,15,17). The van der Waals surface area contributed by atoms with Crippen LogP contribution in [0, 0.1) is 11.3 Å². The molecular formula is C13H28N2O2. The minimum Gasteiger partial charge on any atom is -0.391 e. The molecule has 102 valence electrons. The van der Waals surface area contributed by atoms with Gasteiger partial charge in [0.2, 0.25) is 5.91 Å². The number of aliphatic hydroxyl groups is 1. The Labute approximate surface area is 105 Å². The van der Waals surface area contributed by atoms with Crippen molar-refractivity contribution in [3.8, 4) is 0 Å². The number of aliphatic hydroxyl groups excluding tert-OH is 1. The number of carbonyl (C=O) groups is 1. The van der Waals surface area contributed by atoms with Crippen LogP contribution in [-0.2, 0) is 4.79 Å². The minimum atomic E-state index is -0.475. The number of nitrogens with one attached hydrogen (secondary N) is 1. The Morgan fingerprint density at radius 3 is 2.41 bits per heavy atom. The van der Waals surface area contributed by atoms with Gasteiger partial charge in [0.15, 0.2) is 0 Å². The van der Waals surface area contributed by atoms with E-state index in [1.165, 1.54) is 0 Å². The fourth-order valence-electron chi connectivity index (χ4n) is 1.74. The van der Waals surface area contributed by atoms with Gasteiger partial charge in [-0.1, -0.05) is 34.1 Å². The predicted molar refractivity (Wildman–Crippen MR) is 70.5 cm³/mol. The second-order valence-electron chi connectivity index (χ2n) is 5.94. The molecule has 0 rings (SSSR count). The van der Waals surface area contributed by atoms with Gasteiger partial charge in [-0.05, 0) is 24.3 Å². The lowest BCUT2D eigenvalue weighted by molar-refractivity contribution is -0.122. The van der Waals surface area contributed by atoms with Crippen molar-refractivity contribution in [2.75, 3.05) is 13.1 Å². The van der Waals surface area contributed by atoms with Gasteiger partial charge in [0, 0.05) is 13.0 Å². The normalized spacial score (nSPS) is 15.4. The van der Waals surface area contributed by atoms with E-state index in [0.717, 1.165) is 6.42 Å². The topological polar surface area (TPSA) is 75.4 Å². The van der Waals surface area contributed by atoms with Crippen LogP contribution in [0.3, 0.4) is 0 Å². The van der Waals surface area contributed by atoms with E-state index in [0.29, 0.717) is 25.9 Å². The molecule has 0 aromatic carbocycles. The van der Waals surface area contributed by atoms with Gasteiger partial charge in [-0.3, -0.25) is 4.79 Å². The van der Waals surface area contributed by atoms with Gasteiger partial charge in [0.05, 0.1) is 6.10 Å². The lowest BCUT2D eigenvalue weighted by atomic mass is 9.89. The van der Waals surface area contributed by atoms with E-state index in [-0.39, 0.29) is 17.2 Å². The Bertz CT molecular complexity index is 220. The monoisotopic (exact) mass is 244 g/mol. The van der Waals surface area contributed by atoms with Crippen LogP contribution in [0.1, 0.15) is 47.0 Å². The molecule has 4 nitrogen and oxygen atoms in total. The van der Waals surface area contributed by atoms with Gasteiger partial charge in [-0.2, -0.15) is 0 Å². The molecule has 0 heterocycles. The summed E-state index contributed by atoms with van der Waals surface area (Å²) < 4.78 is 0. The van der Waals surface area contributed by atoms with E-state index < -0.39 is 6.10 Å². The Hall–Kier alpha value is -0.610. The van der Waals surface area contributed by atoms with Crippen molar-refractivity contribution < 1.29 is 9.90 Å². The highest BCUT2D eigenvalue weighted by molar-refractivity contribution is 5.76. The first kappa shape index (κ1) is 16.4. The van der Waals surface area contributed by atoms with E-state index in [4.69, 9.17) is 5.73 Å². The Morgan fingerprint density at radius 1 is 1.41 bits per heavy atom. The molecule has 0 aliphatic heterocycles. The van der Waals surface area contributed by atoms with E-state index in [1.54, 1.807) is 0 Å². The van der Waals surface area contributed by atoms with Gasteiger partial charge in [-0.15, -0.1) is 0 Å². The zero-order chi connectivity index (χ0) is 13.5. The third kappa shape index (κ3) is 9.12. The Balaban J connectivity index is 3.84. The average molecular weight is 244 g/mol. The van der Waals surface area contributed by atoms with Crippen molar-refractivity contribution >= 4 is 5.91 Å². The smallest absolute Gasteiger partial charge is 0.220 e. The summed E-state index contributed by atoms with van der Waals surface area (Å²) >= 11 is 0. The highest BCUT2D eigenvalue weighted by Gasteiger charge is 2.17. The molecule has 0 saturated carbocycles. The first-order valence-corrected chi connectivity index (χ1v) is 6.43. The summed E-state index contributed by atoms with van der Waals surface area (Å²) in [6.45, 7) is 9.10. The summed E-state index contributed by atoms with van der Waals surface area (Å²) in [5.41, 5.74) is 5.62. The van der Waals surface area contributed by atoms with E-state index >= 15 is 0 Å². The SMILES string of the molecule is CCC(CN)CC(=O)NCC(O)CC(C)(C)C. The maximum Gasteiger partial charge on any atom is 0.220 e. The van der Waals surface area contributed by atoms with Gasteiger partial charge in [0.25, 0.3) is 0 Å². The molecule has 4 heteroatoms. The average Bonchev–Trinajstić information content (AvgIpc) is 2.20. The zero-order valence-electron chi connectivity index (χ0n) is 11.6. The van der Waals surface area contributed by atoms with E-state index in [1.807, 2.05) is 6.92 Å². The molecule has 0 aliphatic carbocycles. The molecule has 0 bridgehead atoms. The molecular weight excluding hydrogens is 216 g/mol. The van der Waals surface area contributed by atoms with Crippen LogP contribution < -0.4 is 11.1 Å². The molecule has 0 fully saturated rings. The summed E-state index contributed by atoms with van der Waals surface area (Å²) in [7, 11) is 0. The maximum atomic E-state index is 11.6. The molecule has 4 N–H and O–H groups in total. The number of hydrogen-bond acceptors (Lipinski definition) is 3. The van der Waals surface area contributed by atoms with Gasteiger partial charge in [0.1, 0.15) is 0 Å². The van der Waals surface area contributed by atoms with Crippen LogP contribution in [0.5, 0.6) is 0 Å². The number of carbonyl (C=O) groups excluding carboxylic acids is 1. The van der Waals surface area contributed by atoms with E-state index in [9.17, 15) is 9.90 Å². The first-order chi connectivity index (χ1) is 7.78. The number of rotatable bonds is 7. The predicted octanol–water partition coefficient (Wildman–Crippen LogP) is 1.27. The fourth-order valence-corrected chi connectivity index (χ4v) is 1.74. The van der Waals surface area contributed by atoms with Crippen LogP contribution in [0.2, 0.25) is 0 Å². The number of amides is 1. The lowest BCUT2D eigenvalue weighted by Gasteiger charge is -2.22. The third-order valence-corrected chi connectivity index (χ3v) is 2.77. The van der Waals surface area contributed by atoms with Crippen molar-refractivity contribution in [3.63, 3.8) is 0 Å². The second-order valence-corrected chi connectivity index (χ2v) is 5.94. The largest absolute Gasteiger partial charge is 0.391 e. The Kier molecular flexibility index (Phi) is 7.39. The maximum absolute atomic E-state index is 11.6. The van der Waals surface area contributed by atoms with Crippen molar-refractivity contribution in [2.45, 2.75) is 53.1 Å². The summed E-state index contributed by atoms with van der Waals surface area (Å²) in [5.74, 6) is 0.227. The van der Waals surface area contributed by atoms with Crippen LogP contribution in [-0.4, -0.2) is 30.2 Å². The summed E-state index contributed by atoms with van der Waals surface area (Å²) in [5, 5.41) is 12.5. The summed E-state index contributed by atoms with van der Waals surface area (Å²) in [6, 6.07) is 0. The van der Waals surface area contributed by atoms with Crippen molar-refractivity contribution in [2.24, 2.45) is 17.1 Å². The minimum absolute atomic E-state index is 0.0183. The summed E-state index contributed by atoms with van der Waals surface area (Å²) in [6.07, 6.45) is 1.57. The molecule has 0 aromatic rings. The molecule has 2 atom stereocenters. The van der Waals surface area contributed by atoms with Gasteiger partial charge >= 0.3 is 0 Å². The molecule has 0 aliphatic rings. The molecule has 0 radical (unpaired) electrons. The highest BCUT2D eigenvalue weighted by atomic mass is 16.3. The third-order valence-electron chi connectivity index (χ3n) is 2.77.